The van der Waals surface area contributed by atoms with Gasteiger partial charge in [0.05, 0.1) is 6.04 Å². The number of hydrogen-bond acceptors (Lipinski definition) is 5. The van der Waals surface area contributed by atoms with E-state index >= 15 is 0 Å². The first-order valence-electron chi connectivity index (χ1n) is 9.30. The van der Waals surface area contributed by atoms with E-state index in [9.17, 15) is 4.79 Å². The van der Waals surface area contributed by atoms with Crippen LogP contribution in [-0.2, 0) is 17.6 Å². The fourth-order valence-corrected chi connectivity index (χ4v) is 3.56. The molecule has 1 amide bonds. The second-order valence-corrected chi connectivity index (χ2v) is 7.69. The predicted octanol–water partition coefficient (Wildman–Crippen LogP) is 4.81. The Morgan fingerprint density at radius 3 is 2.63 bits per heavy atom. The first-order chi connectivity index (χ1) is 13.1. The number of nitrogens with one attached hydrogen (secondary N) is 1. The van der Waals surface area contributed by atoms with Gasteiger partial charge in [-0.05, 0) is 34.9 Å². The summed E-state index contributed by atoms with van der Waals surface area (Å²) in [6.07, 6.45) is 1.76. The van der Waals surface area contributed by atoms with Crippen LogP contribution in [0.2, 0.25) is 0 Å². The molecule has 5 nitrogen and oxygen atoms in total. The molecule has 1 aromatic carbocycles. The zero-order valence-electron chi connectivity index (χ0n) is 15.9. The average Bonchev–Trinajstić information content (AvgIpc) is 3.35. The van der Waals surface area contributed by atoms with Gasteiger partial charge in [-0.2, -0.15) is 16.3 Å². The molecule has 142 valence electrons. The Morgan fingerprint density at radius 2 is 2.00 bits per heavy atom. The van der Waals surface area contributed by atoms with Crippen LogP contribution in [0.4, 0.5) is 0 Å². The van der Waals surface area contributed by atoms with E-state index in [2.05, 4.69) is 60.5 Å². The molecule has 0 bridgehead atoms. The lowest BCUT2D eigenvalue weighted by molar-refractivity contribution is -0.122. The SMILES string of the molecule is CCc1ccc(C(NC(=O)CCc2nc(-c3ccsc3)no2)C(C)C)cc1. The number of rotatable bonds is 8. The second-order valence-electron chi connectivity index (χ2n) is 6.91. The molecule has 3 aromatic rings. The Bertz CT molecular complexity index is 854. The van der Waals surface area contributed by atoms with Gasteiger partial charge >= 0.3 is 0 Å². The molecule has 0 aliphatic heterocycles. The van der Waals surface area contributed by atoms with Crippen molar-refractivity contribution in [3.05, 3.63) is 58.1 Å². The van der Waals surface area contributed by atoms with Gasteiger partial charge in [0.25, 0.3) is 0 Å². The number of hydrogen-bond donors (Lipinski definition) is 1. The number of benzene rings is 1. The van der Waals surface area contributed by atoms with Crippen molar-refractivity contribution in [3.63, 3.8) is 0 Å². The summed E-state index contributed by atoms with van der Waals surface area (Å²) in [4.78, 5) is 16.8. The Balaban J connectivity index is 1.58. The number of aromatic nitrogens is 2. The van der Waals surface area contributed by atoms with E-state index in [4.69, 9.17) is 4.52 Å². The van der Waals surface area contributed by atoms with Crippen LogP contribution < -0.4 is 5.32 Å². The van der Waals surface area contributed by atoms with E-state index in [0.29, 0.717) is 30.5 Å². The third-order valence-electron chi connectivity index (χ3n) is 4.54. The van der Waals surface area contributed by atoms with E-state index in [0.717, 1.165) is 17.5 Å². The third-order valence-corrected chi connectivity index (χ3v) is 5.23. The summed E-state index contributed by atoms with van der Waals surface area (Å²) in [6, 6.07) is 10.4. The molecule has 0 spiro atoms. The summed E-state index contributed by atoms with van der Waals surface area (Å²) in [5, 5.41) is 11.1. The van der Waals surface area contributed by atoms with Crippen molar-refractivity contribution < 1.29 is 9.32 Å². The monoisotopic (exact) mass is 383 g/mol. The van der Waals surface area contributed by atoms with Gasteiger partial charge in [-0.25, -0.2) is 0 Å². The van der Waals surface area contributed by atoms with Gasteiger partial charge in [-0.1, -0.05) is 50.2 Å². The van der Waals surface area contributed by atoms with Crippen LogP contribution in [0.5, 0.6) is 0 Å². The number of aryl methyl sites for hydroxylation is 2. The first kappa shape index (κ1) is 19.3. The van der Waals surface area contributed by atoms with Gasteiger partial charge in [0, 0.05) is 23.8 Å². The molecule has 0 saturated heterocycles. The van der Waals surface area contributed by atoms with Crippen molar-refractivity contribution in [2.24, 2.45) is 5.92 Å². The predicted molar refractivity (Wildman–Crippen MR) is 107 cm³/mol. The fourth-order valence-electron chi connectivity index (χ4n) is 2.93. The van der Waals surface area contributed by atoms with Gasteiger partial charge in [0.2, 0.25) is 17.6 Å². The van der Waals surface area contributed by atoms with E-state index < -0.39 is 0 Å². The van der Waals surface area contributed by atoms with Crippen molar-refractivity contribution in [1.29, 1.82) is 0 Å². The Labute approximate surface area is 163 Å². The van der Waals surface area contributed by atoms with Gasteiger partial charge in [-0.15, -0.1) is 0 Å². The van der Waals surface area contributed by atoms with Crippen LogP contribution in [0.25, 0.3) is 11.4 Å². The van der Waals surface area contributed by atoms with Gasteiger partial charge in [0.1, 0.15) is 0 Å². The highest BCUT2D eigenvalue weighted by atomic mass is 32.1. The Kier molecular flexibility index (Phi) is 6.40. The largest absolute Gasteiger partial charge is 0.349 e. The lowest BCUT2D eigenvalue weighted by Gasteiger charge is -2.23. The molecule has 0 radical (unpaired) electrons. The zero-order valence-corrected chi connectivity index (χ0v) is 16.8. The van der Waals surface area contributed by atoms with Crippen LogP contribution in [0.15, 0.2) is 45.6 Å². The number of thiophene rings is 1. The molecule has 2 heterocycles. The fraction of sp³-hybridized carbons (Fsp3) is 0.381. The average molecular weight is 384 g/mol. The lowest BCUT2D eigenvalue weighted by Crippen LogP contribution is -2.31. The molecule has 0 saturated carbocycles. The summed E-state index contributed by atoms with van der Waals surface area (Å²) in [5.74, 6) is 1.35. The molecule has 1 unspecified atom stereocenters. The first-order valence-corrected chi connectivity index (χ1v) is 10.2. The number of carbonyl (C=O) groups is 1. The van der Waals surface area contributed by atoms with E-state index in [-0.39, 0.29) is 11.9 Å². The maximum Gasteiger partial charge on any atom is 0.227 e. The van der Waals surface area contributed by atoms with Crippen LogP contribution >= 0.6 is 11.3 Å². The number of amides is 1. The quantitative estimate of drug-likeness (QED) is 0.606. The summed E-state index contributed by atoms with van der Waals surface area (Å²) >= 11 is 1.59. The van der Waals surface area contributed by atoms with Crippen molar-refractivity contribution in [1.82, 2.24) is 15.5 Å². The molecule has 0 aliphatic rings. The standard InChI is InChI=1S/C21H25N3O2S/c1-4-15-5-7-16(8-6-15)20(14(2)3)22-18(25)9-10-19-23-21(24-26-19)17-11-12-27-13-17/h5-8,11-14,20H,4,9-10H2,1-3H3,(H,22,25). The topological polar surface area (TPSA) is 68.0 Å². The smallest absolute Gasteiger partial charge is 0.227 e. The van der Waals surface area contributed by atoms with E-state index in [1.165, 1.54) is 5.56 Å². The number of nitrogens with zero attached hydrogens (tertiary/aromatic N) is 2. The number of carbonyl (C=O) groups excluding carboxylic acids is 1. The highest BCUT2D eigenvalue weighted by molar-refractivity contribution is 7.08. The molecular weight excluding hydrogens is 358 g/mol. The Hall–Kier alpha value is -2.47. The molecule has 2 aromatic heterocycles. The van der Waals surface area contributed by atoms with Gasteiger partial charge < -0.3 is 9.84 Å². The molecule has 1 N–H and O–H groups in total. The molecule has 1 atom stereocenters. The zero-order chi connectivity index (χ0) is 19.2. The minimum atomic E-state index is -0.0106. The summed E-state index contributed by atoms with van der Waals surface area (Å²) < 4.78 is 5.26. The van der Waals surface area contributed by atoms with E-state index in [1.807, 2.05) is 16.8 Å². The third kappa shape index (κ3) is 5.04. The van der Waals surface area contributed by atoms with Crippen molar-refractivity contribution in [2.45, 2.75) is 46.1 Å². The van der Waals surface area contributed by atoms with Gasteiger partial charge in [0.15, 0.2) is 0 Å². The minimum absolute atomic E-state index is 0.00698. The van der Waals surface area contributed by atoms with Crippen LogP contribution in [0.3, 0.4) is 0 Å². The molecule has 27 heavy (non-hydrogen) atoms. The van der Waals surface area contributed by atoms with Crippen LogP contribution in [0, 0.1) is 5.92 Å². The van der Waals surface area contributed by atoms with Crippen molar-refractivity contribution >= 4 is 17.2 Å². The molecular formula is C21H25N3O2S. The minimum Gasteiger partial charge on any atom is -0.349 e. The highest BCUT2D eigenvalue weighted by Gasteiger charge is 2.19. The Morgan fingerprint density at radius 1 is 1.22 bits per heavy atom. The normalized spacial score (nSPS) is 12.3. The molecule has 0 aliphatic carbocycles. The summed E-state index contributed by atoms with van der Waals surface area (Å²) in [6.45, 7) is 6.37. The van der Waals surface area contributed by atoms with E-state index in [1.54, 1.807) is 11.3 Å². The molecule has 6 heteroatoms. The van der Waals surface area contributed by atoms with Crippen molar-refractivity contribution in [3.8, 4) is 11.4 Å². The summed E-state index contributed by atoms with van der Waals surface area (Å²) in [5.41, 5.74) is 3.37. The molecule has 3 rings (SSSR count). The molecule has 0 fully saturated rings. The van der Waals surface area contributed by atoms with Crippen molar-refractivity contribution in [2.75, 3.05) is 0 Å². The summed E-state index contributed by atoms with van der Waals surface area (Å²) in [7, 11) is 0. The maximum absolute atomic E-state index is 12.5. The second kappa shape index (κ2) is 8.95. The van der Waals surface area contributed by atoms with Crippen LogP contribution in [-0.4, -0.2) is 16.0 Å². The van der Waals surface area contributed by atoms with Crippen LogP contribution in [0.1, 0.15) is 50.3 Å². The highest BCUT2D eigenvalue weighted by Crippen LogP contribution is 2.23. The lowest BCUT2D eigenvalue weighted by atomic mass is 9.94. The maximum atomic E-state index is 12.5. The van der Waals surface area contributed by atoms with Gasteiger partial charge in [-0.3, -0.25) is 4.79 Å².